The van der Waals surface area contributed by atoms with E-state index in [1.807, 2.05) is 0 Å². The van der Waals surface area contributed by atoms with Crippen molar-refractivity contribution in [3.63, 3.8) is 0 Å². The molecule has 3 rings (SSSR count). The van der Waals surface area contributed by atoms with Crippen molar-refractivity contribution < 1.29 is 0 Å². The van der Waals surface area contributed by atoms with Crippen molar-refractivity contribution in [3.8, 4) is 0 Å². The van der Waals surface area contributed by atoms with Crippen LogP contribution in [0.3, 0.4) is 0 Å². The van der Waals surface area contributed by atoms with Crippen molar-refractivity contribution in [2.75, 3.05) is 11.9 Å². The van der Waals surface area contributed by atoms with Crippen LogP contribution in [0, 0.1) is 18.8 Å². The fraction of sp³-hybridized carbons (Fsp3) is 0.647. The van der Waals surface area contributed by atoms with Gasteiger partial charge in [0, 0.05) is 17.8 Å². The molecule has 1 aromatic carbocycles. The molecular weight excluding hydrogens is 232 g/mol. The van der Waals surface area contributed by atoms with Gasteiger partial charge in [0.05, 0.1) is 0 Å². The quantitative estimate of drug-likeness (QED) is 0.864. The highest BCUT2D eigenvalue weighted by atomic mass is 15.0. The zero-order chi connectivity index (χ0) is 13.3. The van der Waals surface area contributed by atoms with Crippen molar-refractivity contribution in [1.82, 2.24) is 0 Å². The Balaban J connectivity index is 1.72. The highest BCUT2D eigenvalue weighted by molar-refractivity contribution is 5.47. The van der Waals surface area contributed by atoms with E-state index in [1.54, 1.807) is 0 Å². The second kappa shape index (κ2) is 5.16. The molecule has 0 saturated heterocycles. The van der Waals surface area contributed by atoms with E-state index < -0.39 is 0 Å². The third-order valence-electron chi connectivity index (χ3n) is 5.02. The number of rotatable bonds is 4. The molecule has 0 heterocycles. The molecule has 0 bridgehead atoms. The van der Waals surface area contributed by atoms with E-state index >= 15 is 0 Å². The van der Waals surface area contributed by atoms with Gasteiger partial charge in [-0.1, -0.05) is 30.5 Å². The predicted octanol–water partition coefficient (Wildman–Crippen LogP) is 3.70. The normalized spacial score (nSPS) is 31.2. The van der Waals surface area contributed by atoms with Gasteiger partial charge in [0.2, 0.25) is 0 Å². The Labute approximate surface area is 116 Å². The molecule has 2 aliphatic rings. The first-order chi connectivity index (χ1) is 9.21. The number of nitrogens with one attached hydrogen (secondary N) is 1. The SMILES string of the molecule is Cc1ccc(NC2(CN)CCCC(C3CC3)C2)cc1. The molecule has 104 valence electrons. The molecule has 2 atom stereocenters. The summed E-state index contributed by atoms with van der Waals surface area (Å²) >= 11 is 0. The third-order valence-corrected chi connectivity index (χ3v) is 5.02. The van der Waals surface area contributed by atoms with E-state index in [1.165, 1.54) is 49.8 Å². The molecule has 2 unspecified atom stereocenters. The highest BCUT2D eigenvalue weighted by Gasteiger charge is 2.41. The first-order valence-electron chi connectivity index (χ1n) is 7.76. The van der Waals surface area contributed by atoms with Gasteiger partial charge < -0.3 is 11.1 Å². The smallest absolute Gasteiger partial charge is 0.0498 e. The van der Waals surface area contributed by atoms with Gasteiger partial charge in [0.25, 0.3) is 0 Å². The monoisotopic (exact) mass is 258 g/mol. The van der Waals surface area contributed by atoms with Crippen molar-refractivity contribution in [2.45, 2.75) is 51.0 Å². The molecule has 3 N–H and O–H groups in total. The summed E-state index contributed by atoms with van der Waals surface area (Å²) in [6.07, 6.45) is 8.15. The first-order valence-corrected chi connectivity index (χ1v) is 7.76. The van der Waals surface area contributed by atoms with E-state index in [0.717, 1.165) is 18.4 Å². The van der Waals surface area contributed by atoms with Gasteiger partial charge >= 0.3 is 0 Å². The van der Waals surface area contributed by atoms with Crippen LogP contribution in [-0.4, -0.2) is 12.1 Å². The molecule has 2 heteroatoms. The average Bonchev–Trinajstić information content (AvgIpc) is 3.26. The van der Waals surface area contributed by atoms with Crippen molar-refractivity contribution in [1.29, 1.82) is 0 Å². The Morgan fingerprint density at radius 3 is 2.53 bits per heavy atom. The maximum Gasteiger partial charge on any atom is 0.0498 e. The minimum Gasteiger partial charge on any atom is -0.378 e. The Morgan fingerprint density at radius 1 is 1.16 bits per heavy atom. The largest absolute Gasteiger partial charge is 0.378 e. The van der Waals surface area contributed by atoms with E-state index in [0.29, 0.717) is 0 Å². The highest BCUT2D eigenvalue weighted by Crippen LogP contribution is 2.47. The molecule has 2 fully saturated rings. The number of hydrogen-bond donors (Lipinski definition) is 2. The molecule has 0 spiro atoms. The van der Waals surface area contributed by atoms with Gasteiger partial charge in [-0.15, -0.1) is 0 Å². The molecule has 0 radical (unpaired) electrons. The predicted molar refractivity (Wildman–Crippen MR) is 81.3 cm³/mol. The molecule has 2 saturated carbocycles. The molecule has 2 aliphatic carbocycles. The topological polar surface area (TPSA) is 38.0 Å². The second-order valence-electron chi connectivity index (χ2n) is 6.67. The zero-order valence-electron chi connectivity index (χ0n) is 12.0. The summed E-state index contributed by atoms with van der Waals surface area (Å²) in [4.78, 5) is 0. The van der Waals surface area contributed by atoms with Gasteiger partial charge in [0.1, 0.15) is 0 Å². The van der Waals surface area contributed by atoms with Crippen LogP contribution in [-0.2, 0) is 0 Å². The lowest BCUT2D eigenvalue weighted by atomic mass is 9.73. The van der Waals surface area contributed by atoms with Crippen LogP contribution >= 0.6 is 0 Å². The van der Waals surface area contributed by atoms with Gasteiger partial charge in [-0.2, -0.15) is 0 Å². The van der Waals surface area contributed by atoms with Crippen LogP contribution in [0.25, 0.3) is 0 Å². The lowest BCUT2D eigenvalue weighted by Gasteiger charge is -2.42. The van der Waals surface area contributed by atoms with Crippen molar-refractivity contribution in [3.05, 3.63) is 29.8 Å². The Kier molecular flexibility index (Phi) is 3.53. The average molecular weight is 258 g/mol. The van der Waals surface area contributed by atoms with Gasteiger partial charge in [0.15, 0.2) is 0 Å². The summed E-state index contributed by atoms with van der Waals surface area (Å²) in [6, 6.07) is 8.72. The number of benzene rings is 1. The van der Waals surface area contributed by atoms with Gasteiger partial charge in [-0.25, -0.2) is 0 Å². The summed E-state index contributed by atoms with van der Waals surface area (Å²) in [6.45, 7) is 2.89. The minimum absolute atomic E-state index is 0.140. The van der Waals surface area contributed by atoms with Crippen LogP contribution in [0.1, 0.15) is 44.1 Å². The maximum atomic E-state index is 6.14. The minimum atomic E-state index is 0.140. The molecule has 1 aromatic rings. The summed E-state index contributed by atoms with van der Waals surface area (Å²) in [5, 5.41) is 3.76. The number of nitrogens with two attached hydrogens (primary N) is 1. The van der Waals surface area contributed by atoms with Crippen LogP contribution in [0.2, 0.25) is 0 Å². The summed E-state index contributed by atoms with van der Waals surface area (Å²) in [7, 11) is 0. The van der Waals surface area contributed by atoms with Crippen LogP contribution in [0.4, 0.5) is 5.69 Å². The van der Waals surface area contributed by atoms with Crippen LogP contribution < -0.4 is 11.1 Å². The Hall–Kier alpha value is -1.02. The van der Waals surface area contributed by atoms with Crippen LogP contribution in [0.15, 0.2) is 24.3 Å². The molecule has 2 nitrogen and oxygen atoms in total. The van der Waals surface area contributed by atoms with Crippen LogP contribution in [0.5, 0.6) is 0 Å². The fourth-order valence-corrected chi connectivity index (χ4v) is 3.67. The van der Waals surface area contributed by atoms with Crippen molar-refractivity contribution >= 4 is 5.69 Å². The number of anilines is 1. The third kappa shape index (κ3) is 2.94. The Morgan fingerprint density at radius 2 is 1.89 bits per heavy atom. The molecule has 19 heavy (non-hydrogen) atoms. The van der Waals surface area contributed by atoms with Crippen molar-refractivity contribution in [2.24, 2.45) is 17.6 Å². The number of aryl methyl sites for hydroxylation is 1. The van der Waals surface area contributed by atoms with E-state index in [2.05, 4.69) is 36.5 Å². The summed E-state index contributed by atoms with van der Waals surface area (Å²) < 4.78 is 0. The second-order valence-corrected chi connectivity index (χ2v) is 6.67. The molecular formula is C17H26N2. The number of hydrogen-bond acceptors (Lipinski definition) is 2. The summed E-state index contributed by atoms with van der Waals surface area (Å²) in [5.41, 5.74) is 8.82. The van der Waals surface area contributed by atoms with Gasteiger partial charge in [-0.3, -0.25) is 0 Å². The first kappa shape index (κ1) is 13.0. The van der Waals surface area contributed by atoms with E-state index in [4.69, 9.17) is 5.73 Å². The lowest BCUT2D eigenvalue weighted by molar-refractivity contribution is 0.228. The van der Waals surface area contributed by atoms with Gasteiger partial charge in [-0.05, 0) is 56.6 Å². The van der Waals surface area contributed by atoms with E-state index in [9.17, 15) is 0 Å². The standard InChI is InChI=1S/C17H26N2/c1-13-4-8-16(9-5-13)19-17(12-18)10-2-3-15(11-17)14-6-7-14/h4-5,8-9,14-15,19H,2-3,6-7,10-12,18H2,1H3. The summed E-state index contributed by atoms with van der Waals surface area (Å²) in [5.74, 6) is 1.92. The Bertz CT molecular complexity index is 421. The lowest BCUT2D eigenvalue weighted by Crippen LogP contribution is -2.49. The zero-order valence-corrected chi connectivity index (χ0v) is 12.0. The molecule has 0 aromatic heterocycles. The molecule has 0 aliphatic heterocycles. The maximum absolute atomic E-state index is 6.14. The molecule has 0 amide bonds. The van der Waals surface area contributed by atoms with E-state index in [-0.39, 0.29) is 5.54 Å². The fourth-order valence-electron chi connectivity index (χ4n) is 3.67.